The van der Waals surface area contributed by atoms with Gasteiger partial charge in [-0.05, 0) is 48.3 Å². The van der Waals surface area contributed by atoms with Gasteiger partial charge in [-0.15, -0.1) is 0 Å². The maximum atomic E-state index is 4.49. The molecule has 4 atom stereocenters. The zero-order chi connectivity index (χ0) is 18.2. The van der Waals surface area contributed by atoms with E-state index >= 15 is 0 Å². The summed E-state index contributed by atoms with van der Waals surface area (Å²) in [5, 5.41) is 0. The van der Waals surface area contributed by atoms with E-state index in [1.165, 1.54) is 25.7 Å². The second-order valence-corrected chi connectivity index (χ2v) is 9.17. The van der Waals surface area contributed by atoms with E-state index in [1.54, 1.807) is 0 Å². The molecule has 138 valence electrons. The first-order valence-electron chi connectivity index (χ1n) is 10.0. The van der Waals surface area contributed by atoms with Crippen molar-refractivity contribution in [2.45, 2.75) is 88.0 Å². The Labute approximate surface area is 147 Å². The molecule has 0 aromatic carbocycles. The van der Waals surface area contributed by atoms with Crippen molar-refractivity contribution in [3.63, 3.8) is 0 Å². The zero-order valence-corrected chi connectivity index (χ0v) is 17.8. The molecular formula is C22H45N. The Balaban J connectivity index is 5.03. The van der Waals surface area contributed by atoms with Gasteiger partial charge >= 0.3 is 0 Å². The average molecular weight is 324 g/mol. The maximum absolute atomic E-state index is 4.49. The van der Waals surface area contributed by atoms with Crippen molar-refractivity contribution >= 4 is 6.21 Å². The summed E-state index contributed by atoms with van der Waals surface area (Å²) in [5.41, 5.74) is 0.272. The lowest BCUT2D eigenvalue weighted by Gasteiger charge is -2.39. The third kappa shape index (κ3) is 7.40. The minimum atomic E-state index is 0.272. The fraction of sp³-hybridized carbons (Fsp3) is 0.955. The molecule has 0 spiro atoms. The predicted octanol–water partition coefficient (Wildman–Crippen LogP) is 7.11. The molecule has 0 amide bonds. The van der Waals surface area contributed by atoms with E-state index in [0.717, 1.165) is 29.6 Å². The Bertz CT molecular complexity index is 329. The molecule has 4 unspecified atom stereocenters. The number of aliphatic imine (C=N–C) groups is 1. The number of hydrogen-bond donors (Lipinski definition) is 0. The molecule has 0 saturated carbocycles. The van der Waals surface area contributed by atoms with Gasteiger partial charge in [-0.2, -0.15) is 0 Å². The highest BCUT2D eigenvalue weighted by Crippen LogP contribution is 2.41. The molecule has 0 N–H and O–H groups in total. The van der Waals surface area contributed by atoms with E-state index in [4.69, 9.17) is 0 Å². The summed E-state index contributed by atoms with van der Waals surface area (Å²) in [7, 11) is 1.95. The van der Waals surface area contributed by atoms with Gasteiger partial charge in [0.1, 0.15) is 0 Å². The topological polar surface area (TPSA) is 12.4 Å². The highest BCUT2D eigenvalue weighted by molar-refractivity contribution is 5.66. The van der Waals surface area contributed by atoms with E-state index in [2.05, 4.69) is 73.5 Å². The molecule has 1 heteroatoms. The van der Waals surface area contributed by atoms with Crippen LogP contribution in [0.15, 0.2) is 4.99 Å². The van der Waals surface area contributed by atoms with Crippen LogP contribution < -0.4 is 0 Å². The van der Waals surface area contributed by atoms with Crippen LogP contribution in [0.3, 0.4) is 0 Å². The second-order valence-electron chi connectivity index (χ2n) is 9.17. The molecule has 23 heavy (non-hydrogen) atoms. The Morgan fingerprint density at radius 2 is 1.39 bits per heavy atom. The summed E-state index contributed by atoms with van der Waals surface area (Å²) in [6.07, 6.45) is 7.52. The summed E-state index contributed by atoms with van der Waals surface area (Å²) in [6.45, 7) is 21.5. The minimum Gasteiger partial charge on any atom is -0.300 e. The third-order valence-corrected chi connectivity index (χ3v) is 6.63. The third-order valence-electron chi connectivity index (χ3n) is 6.63. The molecule has 0 aromatic heterocycles. The van der Waals surface area contributed by atoms with Crippen LogP contribution in [0.2, 0.25) is 0 Å². The lowest BCUT2D eigenvalue weighted by Crippen LogP contribution is -2.34. The van der Waals surface area contributed by atoms with Crippen molar-refractivity contribution in [2.24, 2.45) is 45.9 Å². The molecule has 0 heterocycles. The molecule has 0 aliphatic heterocycles. The SMILES string of the molecule is C/N=C\C(CCCC(C)C(C)C)(CC(C)C(C)C(C)C)C(C)C. The first-order valence-corrected chi connectivity index (χ1v) is 10.0. The molecule has 0 aliphatic rings. The Hall–Kier alpha value is -0.330. The minimum absolute atomic E-state index is 0.272. The van der Waals surface area contributed by atoms with Gasteiger partial charge in [0.15, 0.2) is 0 Å². The highest BCUT2D eigenvalue weighted by atomic mass is 14.7. The molecule has 1 nitrogen and oxygen atoms in total. The van der Waals surface area contributed by atoms with Crippen LogP contribution in [0.5, 0.6) is 0 Å². The van der Waals surface area contributed by atoms with E-state index in [9.17, 15) is 0 Å². The molecule has 0 radical (unpaired) electrons. The van der Waals surface area contributed by atoms with Gasteiger partial charge < -0.3 is 4.99 Å². The van der Waals surface area contributed by atoms with Crippen LogP contribution in [0.1, 0.15) is 88.0 Å². The maximum Gasteiger partial charge on any atom is 0.0273 e. The number of hydrogen-bond acceptors (Lipinski definition) is 1. The molecular weight excluding hydrogens is 278 g/mol. The van der Waals surface area contributed by atoms with Crippen molar-refractivity contribution in [1.82, 2.24) is 0 Å². The average Bonchev–Trinajstić information content (AvgIpc) is 2.45. The molecule has 0 bridgehead atoms. The Kier molecular flexibility index (Phi) is 10.4. The fourth-order valence-corrected chi connectivity index (χ4v) is 3.68. The van der Waals surface area contributed by atoms with Crippen LogP contribution in [0.4, 0.5) is 0 Å². The first-order chi connectivity index (χ1) is 10.6. The van der Waals surface area contributed by atoms with Gasteiger partial charge in [0, 0.05) is 18.7 Å². The summed E-state index contributed by atoms with van der Waals surface area (Å²) >= 11 is 0. The van der Waals surface area contributed by atoms with Crippen molar-refractivity contribution in [2.75, 3.05) is 7.05 Å². The van der Waals surface area contributed by atoms with Gasteiger partial charge in [-0.1, -0.05) is 75.2 Å². The van der Waals surface area contributed by atoms with Gasteiger partial charge in [-0.25, -0.2) is 0 Å². The molecule has 0 aromatic rings. The van der Waals surface area contributed by atoms with Crippen LogP contribution in [-0.4, -0.2) is 13.3 Å². The smallest absolute Gasteiger partial charge is 0.0273 e. The highest BCUT2D eigenvalue weighted by Gasteiger charge is 2.35. The summed E-state index contributed by atoms with van der Waals surface area (Å²) in [5.74, 6) is 4.55. The lowest BCUT2D eigenvalue weighted by molar-refractivity contribution is 0.164. The second kappa shape index (κ2) is 10.5. The van der Waals surface area contributed by atoms with Crippen molar-refractivity contribution in [1.29, 1.82) is 0 Å². The van der Waals surface area contributed by atoms with Gasteiger partial charge in [0.2, 0.25) is 0 Å². The largest absolute Gasteiger partial charge is 0.300 e. The molecule has 0 rings (SSSR count). The van der Waals surface area contributed by atoms with Crippen molar-refractivity contribution < 1.29 is 0 Å². The number of nitrogens with zero attached hydrogens (tertiary/aromatic N) is 1. The van der Waals surface area contributed by atoms with Crippen LogP contribution >= 0.6 is 0 Å². The van der Waals surface area contributed by atoms with Crippen LogP contribution in [-0.2, 0) is 0 Å². The summed E-state index contributed by atoms with van der Waals surface area (Å²) in [4.78, 5) is 4.49. The Morgan fingerprint density at radius 1 is 0.826 bits per heavy atom. The van der Waals surface area contributed by atoms with Gasteiger partial charge in [-0.3, -0.25) is 0 Å². The Morgan fingerprint density at radius 3 is 1.78 bits per heavy atom. The van der Waals surface area contributed by atoms with Crippen molar-refractivity contribution in [3.8, 4) is 0 Å². The summed E-state index contributed by atoms with van der Waals surface area (Å²) in [6, 6.07) is 0. The van der Waals surface area contributed by atoms with Crippen molar-refractivity contribution in [3.05, 3.63) is 0 Å². The normalized spacial score (nSPS) is 19.5. The molecule has 0 aliphatic carbocycles. The fourth-order valence-electron chi connectivity index (χ4n) is 3.68. The van der Waals surface area contributed by atoms with E-state index in [-0.39, 0.29) is 5.41 Å². The monoisotopic (exact) mass is 323 g/mol. The molecule has 0 saturated heterocycles. The molecule has 0 fully saturated rings. The van der Waals surface area contributed by atoms with Crippen LogP contribution in [0.25, 0.3) is 0 Å². The van der Waals surface area contributed by atoms with Crippen LogP contribution in [0, 0.1) is 40.9 Å². The standard InChI is InChI=1S/C22H45N/c1-16(2)19(7)12-11-13-22(15-23-10,18(5)6)14-20(8)21(9)17(3)4/h15-21H,11-14H2,1-10H3/b23-15-. The quantitative estimate of drug-likeness (QED) is 0.359. The van der Waals surface area contributed by atoms with E-state index in [0.29, 0.717) is 5.92 Å². The zero-order valence-electron chi connectivity index (χ0n) is 17.8. The first kappa shape index (κ1) is 22.7. The van der Waals surface area contributed by atoms with Gasteiger partial charge in [0.25, 0.3) is 0 Å². The van der Waals surface area contributed by atoms with E-state index < -0.39 is 0 Å². The lowest BCUT2D eigenvalue weighted by atomic mass is 9.66. The summed E-state index contributed by atoms with van der Waals surface area (Å²) < 4.78 is 0. The number of rotatable bonds is 11. The van der Waals surface area contributed by atoms with Gasteiger partial charge in [0.05, 0.1) is 0 Å². The predicted molar refractivity (Wildman–Crippen MR) is 107 cm³/mol. The van der Waals surface area contributed by atoms with E-state index in [1.807, 2.05) is 7.05 Å².